The van der Waals surface area contributed by atoms with Gasteiger partial charge in [-0.15, -0.1) is 0 Å². The van der Waals surface area contributed by atoms with Crippen molar-refractivity contribution in [2.75, 3.05) is 26.2 Å². The summed E-state index contributed by atoms with van der Waals surface area (Å²) in [5, 5.41) is 20.2. The second-order valence-electron chi connectivity index (χ2n) is 4.57. The summed E-state index contributed by atoms with van der Waals surface area (Å²) in [6, 6.07) is 2.95. The molecule has 0 saturated carbocycles. The highest BCUT2D eigenvalue weighted by Gasteiger charge is 2.17. The molecular formula is C13H20N2O5S. The Morgan fingerprint density at radius 2 is 1.95 bits per heavy atom. The minimum absolute atomic E-state index is 0.214. The average molecular weight is 316 g/mol. The van der Waals surface area contributed by atoms with Crippen molar-refractivity contribution in [1.29, 1.82) is 0 Å². The molecule has 3 N–H and O–H groups in total. The summed E-state index contributed by atoms with van der Waals surface area (Å²) in [7, 11) is -3.81. The highest BCUT2D eigenvalue weighted by molar-refractivity contribution is 7.89. The van der Waals surface area contributed by atoms with Crippen LogP contribution in [-0.4, -0.2) is 45.7 Å². The van der Waals surface area contributed by atoms with Crippen LogP contribution in [0.15, 0.2) is 23.1 Å². The summed E-state index contributed by atoms with van der Waals surface area (Å²) >= 11 is 0. The van der Waals surface area contributed by atoms with Gasteiger partial charge in [0.2, 0.25) is 10.0 Å². The molecule has 118 valence electrons. The second kappa shape index (κ2) is 7.39. The van der Waals surface area contributed by atoms with Gasteiger partial charge in [-0.2, -0.15) is 0 Å². The summed E-state index contributed by atoms with van der Waals surface area (Å²) in [5.41, 5.74) is -0.549. The molecular weight excluding hydrogens is 296 g/mol. The smallest absolute Gasteiger partial charge is 0.335 e. The maximum atomic E-state index is 12.1. The number of nitrogens with one attached hydrogen (secondary N) is 2. The molecule has 0 amide bonds. The van der Waals surface area contributed by atoms with Crippen LogP contribution in [0.4, 0.5) is 0 Å². The number of likely N-dealkylation sites (N-methyl/N-ethyl adjacent to an activating group) is 1. The molecule has 1 rings (SSSR count). The molecule has 0 bridgehead atoms. The van der Waals surface area contributed by atoms with E-state index in [0.717, 1.165) is 31.3 Å². The third-order valence-corrected chi connectivity index (χ3v) is 4.72. The SMILES string of the molecule is CC[NH+](CC)CCNS(=O)(=O)c1ccc([O-])c(C(=O)O)c1. The quantitative estimate of drug-likeness (QED) is 0.550. The van der Waals surface area contributed by atoms with Gasteiger partial charge in [-0.05, 0) is 26.0 Å². The summed E-state index contributed by atoms with van der Waals surface area (Å²) < 4.78 is 26.5. The minimum Gasteiger partial charge on any atom is -0.872 e. The van der Waals surface area contributed by atoms with Crippen LogP contribution < -0.4 is 14.7 Å². The first-order valence-corrected chi connectivity index (χ1v) is 8.17. The van der Waals surface area contributed by atoms with Crippen LogP contribution in [0.2, 0.25) is 0 Å². The molecule has 0 unspecified atom stereocenters. The number of hydrogen-bond acceptors (Lipinski definition) is 4. The van der Waals surface area contributed by atoms with E-state index in [9.17, 15) is 18.3 Å². The van der Waals surface area contributed by atoms with Gasteiger partial charge in [-0.25, -0.2) is 17.9 Å². The lowest BCUT2D eigenvalue weighted by molar-refractivity contribution is -0.895. The molecule has 0 aliphatic heterocycles. The molecule has 1 aromatic rings. The average Bonchev–Trinajstić information content (AvgIpc) is 2.43. The fourth-order valence-corrected chi connectivity index (χ4v) is 2.95. The summed E-state index contributed by atoms with van der Waals surface area (Å²) in [6.07, 6.45) is 0. The third-order valence-electron chi connectivity index (χ3n) is 3.26. The molecule has 0 heterocycles. The zero-order valence-electron chi connectivity index (χ0n) is 12.0. The van der Waals surface area contributed by atoms with Crippen molar-refractivity contribution < 1.29 is 28.3 Å². The van der Waals surface area contributed by atoms with E-state index in [1.807, 2.05) is 13.8 Å². The van der Waals surface area contributed by atoms with Crippen LogP contribution in [0.5, 0.6) is 5.75 Å². The maximum Gasteiger partial charge on any atom is 0.335 e. The first-order valence-electron chi connectivity index (χ1n) is 6.69. The van der Waals surface area contributed by atoms with Gasteiger partial charge in [0, 0.05) is 0 Å². The Morgan fingerprint density at radius 1 is 1.33 bits per heavy atom. The molecule has 21 heavy (non-hydrogen) atoms. The highest BCUT2D eigenvalue weighted by Crippen LogP contribution is 2.18. The van der Waals surface area contributed by atoms with Crippen molar-refractivity contribution in [2.45, 2.75) is 18.7 Å². The zero-order valence-corrected chi connectivity index (χ0v) is 12.9. The van der Waals surface area contributed by atoms with Gasteiger partial charge in [-0.1, -0.05) is 11.8 Å². The van der Waals surface area contributed by atoms with E-state index >= 15 is 0 Å². The van der Waals surface area contributed by atoms with Crippen LogP contribution in [0.3, 0.4) is 0 Å². The monoisotopic (exact) mass is 316 g/mol. The van der Waals surface area contributed by atoms with Crippen molar-refractivity contribution >= 4 is 16.0 Å². The van der Waals surface area contributed by atoms with Crippen LogP contribution in [0, 0.1) is 0 Å². The number of carbonyl (C=O) groups is 1. The topological polar surface area (TPSA) is 111 Å². The van der Waals surface area contributed by atoms with Crippen LogP contribution in [-0.2, 0) is 10.0 Å². The van der Waals surface area contributed by atoms with Gasteiger partial charge >= 0.3 is 5.97 Å². The molecule has 0 aromatic heterocycles. The molecule has 1 aromatic carbocycles. The van der Waals surface area contributed by atoms with Crippen molar-refractivity contribution in [3.05, 3.63) is 23.8 Å². The van der Waals surface area contributed by atoms with E-state index in [2.05, 4.69) is 4.72 Å². The number of quaternary nitrogens is 1. The van der Waals surface area contributed by atoms with E-state index in [1.54, 1.807) is 0 Å². The summed E-state index contributed by atoms with van der Waals surface area (Å²) in [6.45, 7) is 6.70. The van der Waals surface area contributed by atoms with Gasteiger partial charge in [0.15, 0.2) is 0 Å². The fraction of sp³-hybridized carbons (Fsp3) is 0.462. The Bertz CT molecular complexity index is 597. The van der Waals surface area contributed by atoms with E-state index in [0.29, 0.717) is 6.54 Å². The lowest BCUT2D eigenvalue weighted by Crippen LogP contribution is -3.12. The first-order chi connectivity index (χ1) is 9.81. The van der Waals surface area contributed by atoms with Gasteiger partial charge < -0.3 is 15.1 Å². The normalized spacial score (nSPS) is 11.8. The van der Waals surface area contributed by atoms with Crippen molar-refractivity contribution in [3.8, 4) is 5.75 Å². The molecule has 7 nitrogen and oxygen atoms in total. The van der Waals surface area contributed by atoms with Gasteiger partial charge in [0.25, 0.3) is 0 Å². The number of rotatable bonds is 8. The number of benzene rings is 1. The Kier molecular flexibility index (Phi) is 6.13. The van der Waals surface area contributed by atoms with Crippen molar-refractivity contribution in [1.82, 2.24) is 4.72 Å². The maximum absolute atomic E-state index is 12.1. The van der Waals surface area contributed by atoms with Gasteiger partial charge in [-0.3, -0.25) is 0 Å². The Hall–Kier alpha value is -1.64. The largest absolute Gasteiger partial charge is 0.872 e. The van der Waals surface area contributed by atoms with E-state index < -0.39 is 27.3 Å². The highest BCUT2D eigenvalue weighted by atomic mass is 32.2. The predicted molar refractivity (Wildman–Crippen MR) is 74.9 cm³/mol. The lowest BCUT2D eigenvalue weighted by atomic mass is 10.2. The Balaban J connectivity index is 2.84. The van der Waals surface area contributed by atoms with E-state index in [1.165, 1.54) is 4.90 Å². The molecule has 0 spiro atoms. The van der Waals surface area contributed by atoms with Crippen LogP contribution in [0.25, 0.3) is 0 Å². The number of carboxylic acids is 1. The van der Waals surface area contributed by atoms with Gasteiger partial charge in [0.1, 0.15) is 0 Å². The minimum atomic E-state index is -3.81. The molecule has 0 aliphatic rings. The number of sulfonamides is 1. The molecule has 0 radical (unpaired) electrons. The second-order valence-corrected chi connectivity index (χ2v) is 6.33. The van der Waals surface area contributed by atoms with E-state index in [4.69, 9.17) is 5.11 Å². The Labute approximate surface area is 124 Å². The van der Waals surface area contributed by atoms with Crippen LogP contribution >= 0.6 is 0 Å². The standard InChI is InChI=1S/C13H20N2O5S/c1-3-15(4-2)8-7-14-21(19,20)10-5-6-12(16)11(9-10)13(17)18/h5-6,9,14,16H,3-4,7-8H2,1-2H3,(H,17,18). The third kappa shape index (κ3) is 4.69. The Morgan fingerprint density at radius 3 is 2.48 bits per heavy atom. The van der Waals surface area contributed by atoms with Crippen molar-refractivity contribution in [2.24, 2.45) is 0 Å². The molecule has 8 heteroatoms. The van der Waals surface area contributed by atoms with Crippen molar-refractivity contribution in [3.63, 3.8) is 0 Å². The fourth-order valence-electron chi connectivity index (χ4n) is 1.89. The van der Waals surface area contributed by atoms with Crippen LogP contribution in [0.1, 0.15) is 24.2 Å². The number of carboxylic acid groups (broad SMARTS) is 1. The summed E-state index contributed by atoms with van der Waals surface area (Å²) in [4.78, 5) is 11.9. The zero-order chi connectivity index (χ0) is 16.0. The molecule has 0 aliphatic carbocycles. The molecule has 0 atom stereocenters. The van der Waals surface area contributed by atoms with E-state index in [-0.39, 0.29) is 11.4 Å². The number of aromatic carboxylic acids is 1. The molecule has 0 fully saturated rings. The lowest BCUT2D eigenvalue weighted by Gasteiger charge is -2.16. The number of hydrogen-bond donors (Lipinski definition) is 3. The van der Waals surface area contributed by atoms with Gasteiger partial charge in [0.05, 0.1) is 36.6 Å². The molecule has 0 saturated heterocycles. The summed E-state index contributed by atoms with van der Waals surface area (Å²) in [5.74, 6) is -2.15. The first kappa shape index (κ1) is 17.4. The predicted octanol–water partition coefficient (Wildman–Crippen LogP) is -1.34.